The van der Waals surface area contributed by atoms with Gasteiger partial charge in [-0.05, 0) is 51.2 Å². The van der Waals surface area contributed by atoms with Crippen molar-refractivity contribution in [1.82, 2.24) is 19.5 Å². The zero-order valence-corrected chi connectivity index (χ0v) is 24.1. The van der Waals surface area contributed by atoms with Crippen LogP contribution in [0.4, 0.5) is 0 Å². The van der Waals surface area contributed by atoms with E-state index in [1.54, 1.807) is 0 Å². The fourth-order valence-electron chi connectivity index (χ4n) is 7.36. The second kappa shape index (κ2) is 9.18. The van der Waals surface area contributed by atoms with Gasteiger partial charge in [0, 0.05) is 45.2 Å². The maximum atomic E-state index is 5.36. The Labute approximate surface area is 258 Å². The molecule has 3 aromatic heterocycles. The van der Waals surface area contributed by atoms with Gasteiger partial charge < -0.3 is 0 Å². The van der Waals surface area contributed by atoms with Gasteiger partial charge in [-0.3, -0.25) is 9.55 Å². The van der Waals surface area contributed by atoms with Gasteiger partial charge in [0.15, 0.2) is 0 Å². The number of hydrogen-bond donors (Lipinski definition) is 0. The van der Waals surface area contributed by atoms with Gasteiger partial charge >= 0.3 is 0 Å². The zero-order valence-electron chi connectivity index (χ0n) is 24.1. The molecule has 0 fully saturated rings. The molecular formula is C41H24N4. The molecule has 0 spiro atoms. The summed E-state index contributed by atoms with van der Waals surface area (Å²) < 4.78 is 2.27. The van der Waals surface area contributed by atoms with Crippen molar-refractivity contribution in [3.05, 3.63) is 146 Å². The minimum absolute atomic E-state index is 0.651. The molecule has 3 heterocycles. The van der Waals surface area contributed by atoms with Crippen molar-refractivity contribution in [2.45, 2.75) is 0 Å². The van der Waals surface area contributed by atoms with E-state index < -0.39 is 0 Å². The van der Waals surface area contributed by atoms with Crippen LogP contribution in [0.3, 0.4) is 0 Å². The Morgan fingerprint density at radius 3 is 2.11 bits per heavy atom. The molecule has 1 aliphatic rings. The van der Waals surface area contributed by atoms with E-state index in [4.69, 9.17) is 9.97 Å². The molecule has 6 aromatic carbocycles. The van der Waals surface area contributed by atoms with Crippen LogP contribution in [-0.2, 0) is 0 Å². The fraction of sp³-hybridized carbons (Fsp3) is 0. The summed E-state index contributed by atoms with van der Waals surface area (Å²) in [5, 5.41) is 5.85. The second-order valence-corrected chi connectivity index (χ2v) is 11.6. The van der Waals surface area contributed by atoms with Crippen molar-refractivity contribution in [1.29, 1.82) is 0 Å². The minimum Gasteiger partial charge on any atom is -0.277 e. The molecule has 0 saturated carbocycles. The summed E-state index contributed by atoms with van der Waals surface area (Å²) in [7, 11) is 0. The van der Waals surface area contributed by atoms with Crippen LogP contribution in [-0.4, -0.2) is 19.5 Å². The third kappa shape index (κ3) is 3.39. The molecule has 4 heteroatoms. The summed E-state index contributed by atoms with van der Waals surface area (Å²) in [4.78, 5) is 15.3. The number of rotatable bonds is 2. The first-order valence-electron chi connectivity index (χ1n) is 15.2. The Kier molecular flexibility index (Phi) is 4.96. The maximum Gasteiger partial charge on any atom is 0.235 e. The van der Waals surface area contributed by atoms with Gasteiger partial charge in [0.1, 0.15) is 0 Å². The van der Waals surface area contributed by atoms with E-state index in [1.165, 1.54) is 38.4 Å². The van der Waals surface area contributed by atoms with Gasteiger partial charge in [-0.25, -0.2) is 9.97 Å². The van der Waals surface area contributed by atoms with Gasteiger partial charge in [0.2, 0.25) is 5.95 Å². The summed E-state index contributed by atoms with van der Waals surface area (Å²) in [6.45, 7) is 0. The lowest BCUT2D eigenvalue weighted by Gasteiger charge is -2.16. The summed E-state index contributed by atoms with van der Waals surface area (Å²) >= 11 is 0. The van der Waals surface area contributed by atoms with Crippen molar-refractivity contribution < 1.29 is 0 Å². The van der Waals surface area contributed by atoms with E-state index in [0.717, 1.165) is 49.7 Å². The SMILES string of the molecule is c1ccc(-c2nc(-n3c4ccccc4c4ccc5c(c43)-c3cnccc3-c3cccc4cccc-5c34)nc3ccccc23)cc1. The quantitative estimate of drug-likeness (QED) is 0.207. The molecule has 0 unspecified atom stereocenters. The molecule has 208 valence electrons. The van der Waals surface area contributed by atoms with E-state index in [0.29, 0.717) is 5.95 Å². The first kappa shape index (κ1) is 24.3. The Morgan fingerprint density at radius 2 is 1.24 bits per heavy atom. The minimum atomic E-state index is 0.651. The van der Waals surface area contributed by atoms with Crippen LogP contribution < -0.4 is 0 Å². The zero-order chi connectivity index (χ0) is 29.5. The molecule has 0 saturated heterocycles. The average molecular weight is 573 g/mol. The molecule has 1 aliphatic carbocycles. The lowest BCUT2D eigenvalue weighted by Crippen LogP contribution is -2.04. The fourth-order valence-corrected chi connectivity index (χ4v) is 7.36. The highest BCUT2D eigenvalue weighted by Gasteiger charge is 2.27. The molecule has 4 nitrogen and oxygen atoms in total. The van der Waals surface area contributed by atoms with Crippen LogP contribution in [0.15, 0.2) is 146 Å². The first-order valence-corrected chi connectivity index (χ1v) is 15.2. The third-order valence-electron chi connectivity index (χ3n) is 9.25. The van der Waals surface area contributed by atoms with Crippen LogP contribution >= 0.6 is 0 Å². The van der Waals surface area contributed by atoms with E-state index in [1.807, 2.05) is 24.5 Å². The van der Waals surface area contributed by atoms with Crippen molar-refractivity contribution in [3.8, 4) is 50.6 Å². The van der Waals surface area contributed by atoms with Gasteiger partial charge in [-0.2, -0.15) is 0 Å². The van der Waals surface area contributed by atoms with Crippen LogP contribution in [0, 0.1) is 0 Å². The molecule has 45 heavy (non-hydrogen) atoms. The number of para-hydroxylation sites is 2. The number of hydrogen-bond acceptors (Lipinski definition) is 3. The van der Waals surface area contributed by atoms with Crippen molar-refractivity contribution in [3.63, 3.8) is 0 Å². The monoisotopic (exact) mass is 572 g/mol. The Morgan fingerprint density at radius 1 is 0.489 bits per heavy atom. The standard InChI is InChI=1S/C41H24N4/c1-2-10-26(11-3-1)39-33-15-4-6-18-35(33)43-41(44-39)45-36-19-7-5-14-28(36)32-21-20-31-30-17-9-13-25-12-8-16-29(37(25)30)27-22-23-42-24-34(27)38(31)40(32)45/h1-24H. The van der Waals surface area contributed by atoms with Gasteiger partial charge in [-0.1, -0.05) is 115 Å². The largest absolute Gasteiger partial charge is 0.277 e. The number of aromatic nitrogens is 4. The van der Waals surface area contributed by atoms with E-state index in [2.05, 4.69) is 131 Å². The highest BCUT2D eigenvalue weighted by Crippen LogP contribution is 2.51. The highest BCUT2D eigenvalue weighted by atomic mass is 15.2. The van der Waals surface area contributed by atoms with Crippen LogP contribution in [0.25, 0.3) is 94.1 Å². The molecular weight excluding hydrogens is 548 g/mol. The number of pyridine rings is 1. The van der Waals surface area contributed by atoms with E-state index >= 15 is 0 Å². The lowest BCUT2D eigenvalue weighted by molar-refractivity contribution is 1.01. The lowest BCUT2D eigenvalue weighted by atomic mass is 9.92. The van der Waals surface area contributed by atoms with Gasteiger partial charge in [-0.15, -0.1) is 0 Å². The van der Waals surface area contributed by atoms with E-state index in [-0.39, 0.29) is 0 Å². The van der Waals surface area contributed by atoms with Crippen LogP contribution in [0.1, 0.15) is 0 Å². The Hall–Kier alpha value is -6.13. The second-order valence-electron chi connectivity index (χ2n) is 11.6. The summed E-state index contributed by atoms with van der Waals surface area (Å²) in [6.07, 6.45) is 3.93. The smallest absolute Gasteiger partial charge is 0.235 e. The van der Waals surface area contributed by atoms with Crippen LogP contribution in [0.5, 0.6) is 0 Å². The van der Waals surface area contributed by atoms with Crippen molar-refractivity contribution in [2.24, 2.45) is 0 Å². The molecule has 0 bridgehead atoms. The molecule has 0 radical (unpaired) electrons. The van der Waals surface area contributed by atoms with Gasteiger partial charge in [0.25, 0.3) is 0 Å². The van der Waals surface area contributed by atoms with Crippen LogP contribution in [0.2, 0.25) is 0 Å². The normalized spacial score (nSPS) is 12.0. The number of fused-ring (bicyclic) bond motifs is 10. The van der Waals surface area contributed by atoms with Crippen molar-refractivity contribution >= 4 is 43.5 Å². The average Bonchev–Trinajstić information content (AvgIpc) is 3.39. The molecule has 10 rings (SSSR count). The summed E-state index contributed by atoms with van der Waals surface area (Å²) in [5.41, 5.74) is 12.1. The van der Waals surface area contributed by atoms with Gasteiger partial charge in [0.05, 0.1) is 22.2 Å². The first-order chi connectivity index (χ1) is 22.3. The third-order valence-corrected chi connectivity index (χ3v) is 9.25. The van der Waals surface area contributed by atoms with E-state index in [9.17, 15) is 0 Å². The predicted molar refractivity (Wildman–Crippen MR) is 184 cm³/mol. The highest BCUT2D eigenvalue weighted by molar-refractivity contribution is 6.21. The number of nitrogens with zero attached hydrogens (tertiary/aromatic N) is 4. The molecule has 0 aliphatic heterocycles. The number of benzene rings is 6. The topological polar surface area (TPSA) is 43.6 Å². The Balaban J connectivity index is 1.42. The molecule has 9 aromatic rings. The molecule has 0 amide bonds. The maximum absolute atomic E-state index is 5.36. The molecule has 0 N–H and O–H groups in total. The predicted octanol–water partition coefficient (Wildman–Crippen LogP) is 10.3. The summed E-state index contributed by atoms with van der Waals surface area (Å²) in [5.74, 6) is 0.651. The summed E-state index contributed by atoms with van der Waals surface area (Å²) in [6, 6.07) is 47.2. The Bertz CT molecular complexity index is 2650. The van der Waals surface area contributed by atoms with Crippen molar-refractivity contribution in [2.75, 3.05) is 0 Å². The molecule has 0 atom stereocenters.